The highest BCUT2D eigenvalue weighted by molar-refractivity contribution is 5.96. The van der Waals surface area contributed by atoms with Gasteiger partial charge in [0, 0.05) is 12.4 Å². The van der Waals surface area contributed by atoms with Gasteiger partial charge in [-0.25, -0.2) is 0 Å². The number of nitrogens with one attached hydrogen (secondary N) is 2. The smallest absolute Gasteiger partial charge is 0.235 e. The third-order valence-electron chi connectivity index (χ3n) is 3.54. The van der Waals surface area contributed by atoms with Crippen LogP contribution in [0.1, 0.15) is 17.3 Å². The summed E-state index contributed by atoms with van der Waals surface area (Å²) in [5, 5.41) is 16.7. The second-order valence-electron chi connectivity index (χ2n) is 5.07. The van der Waals surface area contributed by atoms with Crippen molar-refractivity contribution in [3.05, 3.63) is 60.2 Å². The standard InChI is InChI=1S/C16H16N6O2/c1-24-14-5-3-2-4-13(14)18-16(23)12(15-19-21-22-20-15)10-11-6-8-17-9-7-11/h2-9,12H,10H2,1H3,(H,18,23)(H,19,20,21,22). The van der Waals surface area contributed by atoms with Gasteiger partial charge in [0.15, 0.2) is 5.82 Å². The number of aromatic amines is 1. The maximum atomic E-state index is 12.8. The Balaban J connectivity index is 1.84. The van der Waals surface area contributed by atoms with E-state index in [1.807, 2.05) is 24.3 Å². The van der Waals surface area contributed by atoms with E-state index >= 15 is 0 Å². The average Bonchev–Trinajstić information content (AvgIpc) is 3.15. The second kappa shape index (κ2) is 7.32. The molecule has 1 amide bonds. The number of carbonyl (C=O) groups excluding carboxylic acids is 1. The number of ether oxygens (including phenoxy) is 1. The van der Waals surface area contributed by atoms with Crippen LogP contribution in [0.15, 0.2) is 48.8 Å². The van der Waals surface area contributed by atoms with E-state index in [0.29, 0.717) is 23.7 Å². The molecular weight excluding hydrogens is 308 g/mol. The predicted octanol–water partition coefficient (Wildman–Crippen LogP) is 1.57. The summed E-state index contributed by atoms with van der Waals surface area (Å²) >= 11 is 0. The topological polar surface area (TPSA) is 106 Å². The summed E-state index contributed by atoms with van der Waals surface area (Å²) in [7, 11) is 1.55. The molecule has 8 heteroatoms. The zero-order valence-corrected chi connectivity index (χ0v) is 13.0. The Morgan fingerprint density at radius 1 is 1.25 bits per heavy atom. The van der Waals surface area contributed by atoms with Gasteiger partial charge in [0.05, 0.1) is 12.8 Å². The van der Waals surface area contributed by atoms with E-state index in [0.717, 1.165) is 5.56 Å². The Bertz CT molecular complexity index is 791. The molecular formula is C16H16N6O2. The van der Waals surface area contributed by atoms with E-state index in [4.69, 9.17) is 4.74 Å². The molecule has 0 radical (unpaired) electrons. The number of H-pyrrole nitrogens is 1. The number of para-hydroxylation sites is 2. The summed E-state index contributed by atoms with van der Waals surface area (Å²) in [6.45, 7) is 0. The lowest BCUT2D eigenvalue weighted by atomic mass is 9.98. The number of rotatable bonds is 6. The highest BCUT2D eigenvalue weighted by Gasteiger charge is 2.26. The minimum Gasteiger partial charge on any atom is -0.495 e. The number of hydrogen-bond donors (Lipinski definition) is 2. The second-order valence-corrected chi connectivity index (χ2v) is 5.07. The van der Waals surface area contributed by atoms with Gasteiger partial charge in [-0.15, -0.1) is 10.2 Å². The van der Waals surface area contributed by atoms with Crippen molar-refractivity contribution in [1.29, 1.82) is 0 Å². The van der Waals surface area contributed by atoms with Crippen LogP contribution in [0.2, 0.25) is 0 Å². The summed E-state index contributed by atoms with van der Waals surface area (Å²) < 4.78 is 5.26. The van der Waals surface area contributed by atoms with Gasteiger partial charge >= 0.3 is 0 Å². The summed E-state index contributed by atoms with van der Waals surface area (Å²) in [6.07, 6.45) is 3.80. The average molecular weight is 324 g/mol. The molecule has 8 nitrogen and oxygen atoms in total. The van der Waals surface area contributed by atoms with Crippen LogP contribution >= 0.6 is 0 Å². The zero-order chi connectivity index (χ0) is 16.8. The highest BCUT2D eigenvalue weighted by atomic mass is 16.5. The molecule has 0 saturated carbocycles. The largest absolute Gasteiger partial charge is 0.495 e. The van der Waals surface area contributed by atoms with Crippen molar-refractivity contribution in [2.75, 3.05) is 12.4 Å². The van der Waals surface area contributed by atoms with Gasteiger partial charge in [-0.2, -0.15) is 5.21 Å². The Kier molecular flexibility index (Phi) is 4.76. The number of nitrogens with zero attached hydrogens (tertiary/aromatic N) is 4. The first kappa shape index (κ1) is 15.6. The molecule has 0 saturated heterocycles. The molecule has 0 fully saturated rings. The summed E-state index contributed by atoms with van der Waals surface area (Å²) in [6, 6.07) is 10.9. The third kappa shape index (κ3) is 3.54. The fourth-order valence-electron chi connectivity index (χ4n) is 2.34. The highest BCUT2D eigenvalue weighted by Crippen LogP contribution is 2.26. The normalized spacial score (nSPS) is 11.7. The molecule has 3 rings (SSSR count). The van der Waals surface area contributed by atoms with Crippen LogP contribution in [0.5, 0.6) is 5.75 Å². The first-order valence-corrected chi connectivity index (χ1v) is 7.34. The lowest BCUT2D eigenvalue weighted by Gasteiger charge is -2.15. The summed E-state index contributed by atoms with van der Waals surface area (Å²) in [4.78, 5) is 16.8. The van der Waals surface area contributed by atoms with Crippen molar-refractivity contribution in [2.45, 2.75) is 12.3 Å². The maximum Gasteiger partial charge on any atom is 0.235 e. The predicted molar refractivity (Wildman–Crippen MR) is 86.5 cm³/mol. The number of tetrazole rings is 1. The fourth-order valence-corrected chi connectivity index (χ4v) is 2.34. The lowest BCUT2D eigenvalue weighted by Crippen LogP contribution is -2.24. The van der Waals surface area contributed by atoms with Gasteiger partial charge < -0.3 is 10.1 Å². The van der Waals surface area contributed by atoms with E-state index in [1.54, 1.807) is 31.6 Å². The van der Waals surface area contributed by atoms with Gasteiger partial charge in [-0.1, -0.05) is 17.3 Å². The van der Waals surface area contributed by atoms with Gasteiger partial charge in [0.1, 0.15) is 11.7 Å². The van der Waals surface area contributed by atoms with Crippen molar-refractivity contribution >= 4 is 11.6 Å². The lowest BCUT2D eigenvalue weighted by molar-refractivity contribution is -0.117. The van der Waals surface area contributed by atoms with Crippen molar-refractivity contribution < 1.29 is 9.53 Å². The SMILES string of the molecule is COc1ccccc1NC(=O)C(Cc1ccncc1)c1nn[nH]n1. The van der Waals surface area contributed by atoms with Crippen LogP contribution in [-0.4, -0.2) is 38.6 Å². The van der Waals surface area contributed by atoms with Gasteiger partial charge in [-0.05, 0) is 36.2 Å². The first-order chi connectivity index (χ1) is 11.8. The molecule has 122 valence electrons. The number of amides is 1. The van der Waals surface area contributed by atoms with E-state index < -0.39 is 5.92 Å². The number of methoxy groups -OCH3 is 1. The quantitative estimate of drug-likeness (QED) is 0.713. The number of hydrogen-bond acceptors (Lipinski definition) is 6. The van der Waals surface area contributed by atoms with Crippen LogP contribution in [0, 0.1) is 0 Å². The molecule has 1 atom stereocenters. The molecule has 2 aromatic heterocycles. The number of pyridine rings is 1. The number of anilines is 1. The van der Waals surface area contributed by atoms with Crippen molar-refractivity contribution in [2.24, 2.45) is 0 Å². The van der Waals surface area contributed by atoms with E-state index in [2.05, 4.69) is 30.9 Å². The molecule has 2 N–H and O–H groups in total. The van der Waals surface area contributed by atoms with Crippen LogP contribution in [0.25, 0.3) is 0 Å². The minimum absolute atomic E-state index is 0.238. The molecule has 2 heterocycles. The summed E-state index contributed by atoms with van der Waals surface area (Å²) in [5.74, 6) is 0.0922. The van der Waals surface area contributed by atoms with E-state index in [9.17, 15) is 4.79 Å². The Hall–Kier alpha value is -3.29. The fraction of sp³-hybridized carbons (Fsp3) is 0.188. The van der Waals surface area contributed by atoms with Crippen LogP contribution in [0.4, 0.5) is 5.69 Å². The molecule has 3 aromatic rings. The molecule has 0 aliphatic carbocycles. The number of aromatic nitrogens is 5. The molecule has 1 unspecified atom stereocenters. The van der Waals surface area contributed by atoms with E-state index in [1.165, 1.54) is 0 Å². The molecule has 0 bridgehead atoms. The van der Waals surface area contributed by atoms with Gasteiger partial charge in [0.25, 0.3) is 0 Å². The van der Waals surface area contributed by atoms with Crippen LogP contribution < -0.4 is 10.1 Å². The first-order valence-electron chi connectivity index (χ1n) is 7.34. The number of benzene rings is 1. The zero-order valence-electron chi connectivity index (χ0n) is 13.0. The van der Waals surface area contributed by atoms with Crippen LogP contribution in [0.3, 0.4) is 0 Å². The van der Waals surface area contributed by atoms with Crippen LogP contribution in [-0.2, 0) is 11.2 Å². The molecule has 0 aliphatic rings. The Morgan fingerprint density at radius 2 is 2.04 bits per heavy atom. The molecule has 0 aliphatic heterocycles. The van der Waals surface area contributed by atoms with Gasteiger partial charge in [0.2, 0.25) is 5.91 Å². The van der Waals surface area contributed by atoms with E-state index in [-0.39, 0.29) is 5.91 Å². The monoisotopic (exact) mass is 324 g/mol. The van der Waals surface area contributed by atoms with Crippen molar-refractivity contribution in [1.82, 2.24) is 25.6 Å². The number of carbonyl (C=O) groups is 1. The van der Waals surface area contributed by atoms with Gasteiger partial charge in [-0.3, -0.25) is 9.78 Å². The van der Waals surface area contributed by atoms with Crippen molar-refractivity contribution in [3.63, 3.8) is 0 Å². The Labute approximate surface area is 138 Å². The third-order valence-corrected chi connectivity index (χ3v) is 3.54. The molecule has 0 spiro atoms. The summed E-state index contributed by atoms with van der Waals surface area (Å²) in [5.41, 5.74) is 1.54. The minimum atomic E-state index is -0.587. The van der Waals surface area contributed by atoms with Crippen molar-refractivity contribution in [3.8, 4) is 5.75 Å². The Morgan fingerprint density at radius 3 is 2.75 bits per heavy atom. The molecule has 1 aromatic carbocycles. The maximum absolute atomic E-state index is 12.8. The molecule has 24 heavy (non-hydrogen) atoms.